The second-order valence-corrected chi connectivity index (χ2v) is 7.55. The second-order valence-electron chi connectivity index (χ2n) is 7.55. The fourth-order valence-electron chi connectivity index (χ4n) is 3.38. The van der Waals surface area contributed by atoms with E-state index in [0.717, 1.165) is 47.7 Å². The highest BCUT2D eigenvalue weighted by atomic mass is 15.3. The lowest BCUT2D eigenvalue weighted by atomic mass is 10.1. The van der Waals surface area contributed by atoms with Gasteiger partial charge in [-0.15, -0.1) is 0 Å². The molecule has 0 fully saturated rings. The molecule has 0 bridgehead atoms. The molecule has 0 unspecified atom stereocenters. The van der Waals surface area contributed by atoms with Crippen LogP contribution in [0.4, 0.5) is 0 Å². The van der Waals surface area contributed by atoms with Crippen LogP contribution in [0, 0.1) is 6.92 Å². The van der Waals surface area contributed by atoms with Crippen LogP contribution in [-0.2, 0) is 19.4 Å². The Labute approximate surface area is 182 Å². The van der Waals surface area contributed by atoms with E-state index in [1.165, 1.54) is 11.1 Å². The van der Waals surface area contributed by atoms with Gasteiger partial charge in [0.25, 0.3) is 0 Å². The van der Waals surface area contributed by atoms with Crippen molar-refractivity contribution in [2.45, 2.75) is 26.3 Å². The summed E-state index contributed by atoms with van der Waals surface area (Å²) in [7, 11) is 0. The summed E-state index contributed by atoms with van der Waals surface area (Å²) >= 11 is 0. The van der Waals surface area contributed by atoms with Crippen LogP contribution in [0.15, 0.2) is 85.7 Å². The topological polar surface area (TPSA) is 68.5 Å². The minimum atomic E-state index is 0.604. The quantitative estimate of drug-likeness (QED) is 0.452. The van der Waals surface area contributed by atoms with Gasteiger partial charge in [0, 0.05) is 67.3 Å². The van der Waals surface area contributed by atoms with Gasteiger partial charge >= 0.3 is 0 Å². The predicted molar refractivity (Wildman–Crippen MR) is 122 cm³/mol. The maximum atomic E-state index is 4.87. The molecule has 3 aromatic heterocycles. The van der Waals surface area contributed by atoms with Crippen molar-refractivity contribution in [1.29, 1.82) is 0 Å². The number of benzene rings is 1. The summed E-state index contributed by atoms with van der Waals surface area (Å²) in [5, 5.41) is 8.26. The monoisotopic (exact) mass is 410 g/mol. The van der Waals surface area contributed by atoms with Gasteiger partial charge in [-0.3, -0.25) is 19.6 Å². The van der Waals surface area contributed by atoms with E-state index >= 15 is 0 Å². The van der Waals surface area contributed by atoms with Crippen LogP contribution in [0.3, 0.4) is 0 Å². The molecule has 0 aliphatic heterocycles. The van der Waals surface area contributed by atoms with Gasteiger partial charge < -0.3 is 5.32 Å². The van der Waals surface area contributed by atoms with Crippen LogP contribution in [-0.4, -0.2) is 31.3 Å². The maximum absolute atomic E-state index is 4.87. The molecule has 0 spiro atoms. The number of hydrogen-bond donors (Lipinski definition) is 1. The highest BCUT2D eigenvalue weighted by molar-refractivity contribution is 5.58. The first-order valence-corrected chi connectivity index (χ1v) is 10.4. The van der Waals surface area contributed by atoms with Crippen LogP contribution >= 0.6 is 0 Å². The van der Waals surface area contributed by atoms with Crippen LogP contribution < -0.4 is 5.32 Å². The van der Waals surface area contributed by atoms with Crippen molar-refractivity contribution >= 4 is 0 Å². The Morgan fingerprint density at radius 1 is 1.00 bits per heavy atom. The lowest BCUT2D eigenvalue weighted by molar-refractivity contribution is 0.606. The molecule has 0 atom stereocenters. The fraction of sp³-hybridized carbons (Fsp3) is 0.200. The van der Waals surface area contributed by atoms with Gasteiger partial charge in [0.05, 0.1) is 17.9 Å². The molecule has 0 saturated heterocycles. The van der Waals surface area contributed by atoms with E-state index in [4.69, 9.17) is 5.10 Å². The third kappa shape index (κ3) is 5.63. The van der Waals surface area contributed by atoms with Crippen molar-refractivity contribution in [3.63, 3.8) is 0 Å². The number of aromatic nitrogens is 5. The van der Waals surface area contributed by atoms with Crippen LogP contribution in [0.25, 0.3) is 11.3 Å². The Morgan fingerprint density at radius 2 is 1.81 bits per heavy atom. The van der Waals surface area contributed by atoms with Crippen molar-refractivity contribution in [2.75, 3.05) is 6.54 Å². The molecule has 1 aromatic carbocycles. The van der Waals surface area contributed by atoms with Gasteiger partial charge in [0.2, 0.25) is 0 Å². The highest BCUT2D eigenvalue weighted by Crippen LogP contribution is 2.21. The van der Waals surface area contributed by atoms with Gasteiger partial charge in [0.1, 0.15) is 0 Å². The second kappa shape index (κ2) is 9.80. The zero-order valence-corrected chi connectivity index (χ0v) is 17.7. The first-order valence-electron chi connectivity index (χ1n) is 10.4. The number of nitrogens with one attached hydrogen (secondary N) is 1. The standard InChI is InChI=1S/C25H26N6/c1-19-3-5-21(6-4-19)15-24-16-25(22-7-10-26-11-8-22)30-31(24)18-20(2)28-12-9-23-17-27-13-14-29-23/h3-8,10-11,13-14,16-17,28H,2,9,12,15,18H2,1H3. The molecular formula is C25H26N6. The molecule has 4 aromatic rings. The van der Waals surface area contributed by atoms with E-state index in [-0.39, 0.29) is 0 Å². The van der Waals surface area contributed by atoms with Gasteiger partial charge in [0.15, 0.2) is 0 Å². The fourth-order valence-corrected chi connectivity index (χ4v) is 3.38. The summed E-state index contributed by atoms with van der Waals surface area (Å²) in [4.78, 5) is 12.5. The van der Waals surface area contributed by atoms with E-state index in [0.29, 0.717) is 6.54 Å². The summed E-state index contributed by atoms with van der Waals surface area (Å²) in [5.41, 5.74) is 7.54. The molecule has 4 rings (SSSR count). The first kappa shape index (κ1) is 20.5. The Morgan fingerprint density at radius 3 is 2.55 bits per heavy atom. The van der Waals surface area contributed by atoms with Gasteiger partial charge in [-0.1, -0.05) is 36.4 Å². The lowest BCUT2D eigenvalue weighted by Gasteiger charge is -2.12. The summed E-state index contributed by atoms with van der Waals surface area (Å²) in [6, 6.07) is 14.8. The molecule has 6 nitrogen and oxygen atoms in total. The lowest BCUT2D eigenvalue weighted by Crippen LogP contribution is -2.21. The number of allylic oxidation sites excluding steroid dienone is 1. The normalized spacial score (nSPS) is 10.7. The summed E-state index contributed by atoms with van der Waals surface area (Å²) in [6.07, 6.45) is 10.4. The molecule has 156 valence electrons. The zero-order valence-electron chi connectivity index (χ0n) is 17.7. The SMILES string of the molecule is C=C(Cn1nc(-c2ccncc2)cc1Cc1ccc(C)cc1)NCCc1cnccn1. The Balaban J connectivity index is 1.48. The minimum absolute atomic E-state index is 0.604. The molecule has 0 radical (unpaired) electrons. The number of nitrogens with zero attached hydrogens (tertiary/aromatic N) is 5. The van der Waals surface area contributed by atoms with Crippen molar-refractivity contribution in [1.82, 2.24) is 30.0 Å². The molecule has 0 aliphatic rings. The van der Waals surface area contributed by atoms with Crippen molar-refractivity contribution in [2.24, 2.45) is 0 Å². The van der Waals surface area contributed by atoms with Crippen molar-refractivity contribution < 1.29 is 0 Å². The number of hydrogen-bond acceptors (Lipinski definition) is 5. The summed E-state index contributed by atoms with van der Waals surface area (Å²) in [5.74, 6) is 0. The number of pyridine rings is 1. The van der Waals surface area contributed by atoms with E-state index in [1.54, 1.807) is 31.0 Å². The highest BCUT2D eigenvalue weighted by Gasteiger charge is 2.11. The smallest absolute Gasteiger partial charge is 0.0927 e. The molecule has 0 saturated carbocycles. The minimum Gasteiger partial charge on any atom is -0.387 e. The largest absolute Gasteiger partial charge is 0.387 e. The van der Waals surface area contributed by atoms with E-state index in [2.05, 4.69) is 64.1 Å². The number of aryl methyl sites for hydroxylation is 1. The zero-order chi connectivity index (χ0) is 21.5. The van der Waals surface area contributed by atoms with Crippen molar-refractivity contribution in [3.8, 4) is 11.3 Å². The maximum Gasteiger partial charge on any atom is 0.0927 e. The molecule has 0 amide bonds. The molecule has 1 N–H and O–H groups in total. The third-order valence-corrected chi connectivity index (χ3v) is 5.06. The van der Waals surface area contributed by atoms with E-state index in [1.807, 2.05) is 16.8 Å². The van der Waals surface area contributed by atoms with E-state index < -0.39 is 0 Å². The predicted octanol–water partition coefficient (Wildman–Crippen LogP) is 3.98. The average Bonchev–Trinajstić information content (AvgIpc) is 3.19. The molecule has 31 heavy (non-hydrogen) atoms. The van der Waals surface area contributed by atoms with Crippen molar-refractivity contribution in [3.05, 3.63) is 108 Å². The van der Waals surface area contributed by atoms with Crippen LogP contribution in [0.1, 0.15) is 22.5 Å². The molecule has 3 heterocycles. The average molecular weight is 411 g/mol. The Kier molecular flexibility index (Phi) is 6.47. The van der Waals surface area contributed by atoms with Crippen LogP contribution in [0.2, 0.25) is 0 Å². The number of rotatable bonds is 9. The van der Waals surface area contributed by atoms with Gasteiger partial charge in [-0.2, -0.15) is 5.10 Å². The van der Waals surface area contributed by atoms with Crippen LogP contribution in [0.5, 0.6) is 0 Å². The molecule has 6 heteroatoms. The first-order chi connectivity index (χ1) is 15.2. The summed E-state index contributed by atoms with van der Waals surface area (Å²) in [6.45, 7) is 7.67. The molecule has 0 aliphatic carbocycles. The third-order valence-electron chi connectivity index (χ3n) is 5.06. The Bertz CT molecular complexity index is 1120. The van der Waals surface area contributed by atoms with E-state index in [9.17, 15) is 0 Å². The van der Waals surface area contributed by atoms with Gasteiger partial charge in [-0.25, -0.2) is 0 Å². The Hall–Kier alpha value is -3.80. The van der Waals surface area contributed by atoms with Gasteiger partial charge in [-0.05, 0) is 30.7 Å². The summed E-state index contributed by atoms with van der Waals surface area (Å²) < 4.78 is 2.03. The molecular weight excluding hydrogens is 384 g/mol.